The molecule has 2 atom stereocenters. The molecule has 1 heterocycles. The number of rotatable bonds is 1. The van der Waals surface area contributed by atoms with Crippen molar-refractivity contribution in [3.63, 3.8) is 0 Å². The largest absolute Gasteiger partial charge is 0.418 e. The Morgan fingerprint density at radius 2 is 2.56 bits per heavy atom. The van der Waals surface area contributed by atoms with Gasteiger partial charge in [0, 0.05) is 13.5 Å². The SMILES string of the molecule is COC1CCc2c1[p+]2=O. The van der Waals surface area contributed by atoms with E-state index in [0.29, 0.717) is 0 Å². The maximum absolute atomic E-state index is 10.9. The van der Waals surface area contributed by atoms with Gasteiger partial charge in [-0.1, -0.05) is 4.57 Å². The van der Waals surface area contributed by atoms with Crippen molar-refractivity contribution in [2.75, 3.05) is 7.11 Å². The second-order valence-electron chi connectivity index (χ2n) is 2.39. The molecule has 0 radical (unpaired) electrons. The Labute approximate surface area is 54.3 Å². The summed E-state index contributed by atoms with van der Waals surface area (Å²) in [5.74, 6) is 0. The molecule has 3 heteroatoms. The molecule has 0 saturated heterocycles. The summed E-state index contributed by atoms with van der Waals surface area (Å²) in [6.45, 7) is 0. The van der Waals surface area contributed by atoms with Crippen LogP contribution < -0.4 is 0 Å². The Balaban J connectivity index is 2.28. The standard InChI is InChI=1S/C6H8O2P/c1-8-4-2-3-5-6(4)9(5)7/h4H,2-3H2,1H3/q+1. The van der Waals surface area contributed by atoms with Crippen LogP contribution in [0.2, 0.25) is 0 Å². The molecule has 0 saturated carbocycles. The Morgan fingerprint density at radius 1 is 1.78 bits per heavy atom. The molecule has 2 nitrogen and oxygen atoms in total. The first-order chi connectivity index (χ1) is 4.34. The highest BCUT2D eigenvalue weighted by Crippen LogP contribution is 2.55. The van der Waals surface area contributed by atoms with E-state index in [9.17, 15) is 4.57 Å². The average Bonchev–Trinajstić information content (AvgIpc) is 2.41. The zero-order chi connectivity index (χ0) is 6.43. The van der Waals surface area contributed by atoms with Gasteiger partial charge in [-0.2, -0.15) is 0 Å². The molecule has 0 amide bonds. The molecule has 0 aliphatic heterocycles. The van der Waals surface area contributed by atoms with E-state index in [-0.39, 0.29) is 6.10 Å². The van der Waals surface area contributed by atoms with Crippen molar-refractivity contribution in [3.8, 4) is 0 Å². The Morgan fingerprint density at radius 3 is 2.89 bits per heavy atom. The number of ether oxygens (including phenoxy) is 1. The molecule has 9 heavy (non-hydrogen) atoms. The third-order valence-electron chi connectivity index (χ3n) is 1.94. The molecule has 1 aromatic heterocycles. The highest BCUT2D eigenvalue weighted by molar-refractivity contribution is 7.45. The van der Waals surface area contributed by atoms with Gasteiger partial charge in [0.15, 0.2) is 0 Å². The van der Waals surface area contributed by atoms with Crippen molar-refractivity contribution >= 4 is 7.41 Å². The van der Waals surface area contributed by atoms with E-state index in [4.69, 9.17) is 4.74 Å². The van der Waals surface area contributed by atoms with Gasteiger partial charge in [0.1, 0.15) is 6.10 Å². The van der Waals surface area contributed by atoms with Crippen LogP contribution in [0.5, 0.6) is 0 Å². The van der Waals surface area contributed by atoms with Crippen LogP contribution in [0.1, 0.15) is 23.1 Å². The van der Waals surface area contributed by atoms with Gasteiger partial charge >= 0.3 is 7.41 Å². The number of hydrogen-bond acceptors (Lipinski definition) is 2. The second-order valence-corrected chi connectivity index (χ2v) is 4.00. The zero-order valence-corrected chi connectivity index (χ0v) is 6.15. The summed E-state index contributed by atoms with van der Waals surface area (Å²) in [4.78, 5) is 0. The average molecular weight is 143 g/mol. The monoisotopic (exact) mass is 143 g/mol. The third kappa shape index (κ3) is 0.606. The molecule has 1 aliphatic carbocycles. The van der Waals surface area contributed by atoms with Gasteiger partial charge in [-0.15, -0.1) is 0 Å². The van der Waals surface area contributed by atoms with Gasteiger partial charge in [-0.05, 0) is 6.42 Å². The summed E-state index contributed by atoms with van der Waals surface area (Å²) in [5.41, 5.74) is 0. The lowest BCUT2D eigenvalue weighted by atomic mass is 10.3. The summed E-state index contributed by atoms with van der Waals surface area (Å²) in [6, 6.07) is 0. The van der Waals surface area contributed by atoms with Gasteiger partial charge in [0.25, 0.3) is 0 Å². The minimum absolute atomic E-state index is 0.212. The van der Waals surface area contributed by atoms with E-state index in [1.54, 1.807) is 7.11 Å². The number of methoxy groups -OCH3 is 1. The van der Waals surface area contributed by atoms with Gasteiger partial charge < -0.3 is 4.74 Å². The molecule has 0 fully saturated rings. The van der Waals surface area contributed by atoms with Gasteiger partial charge in [-0.3, -0.25) is 0 Å². The van der Waals surface area contributed by atoms with E-state index in [2.05, 4.69) is 0 Å². The van der Waals surface area contributed by atoms with Crippen molar-refractivity contribution in [1.82, 2.24) is 0 Å². The Bertz CT molecular complexity index is 247. The first-order valence-corrected chi connectivity index (χ1v) is 4.33. The molecule has 1 aromatic rings. The second kappa shape index (κ2) is 1.65. The fourth-order valence-corrected chi connectivity index (χ4v) is 2.98. The van der Waals surface area contributed by atoms with Crippen molar-refractivity contribution < 1.29 is 9.30 Å². The van der Waals surface area contributed by atoms with E-state index in [1.165, 1.54) is 5.30 Å². The minimum Gasteiger partial charge on any atom is -0.372 e. The topological polar surface area (TPSA) is 26.3 Å². The lowest BCUT2D eigenvalue weighted by Crippen LogP contribution is -1.91. The molecule has 2 rings (SSSR count). The van der Waals surface area contributed by atoms with Gasteiger partial charge in [0.2, 0.25) is 10.6 Å². The summed E-state index contributed by atoms with van der Waals surface area (Å²) < 4.78 is 16.0. The molecule has 0 bridgehead atoms. The molecular formula is C6H8O2P+. The summed E-state index contributed by atoms with van der Waals surface area (Å²) in [6.07, 6.45) is 2.29. The molecule has 48 valence electrons. The fourth-order valence-electron chi connectivity index (χ4n) is 1.38. The quantitative estimate of drug-likeness (QED) is 0.600. The van der Waals surface area contributed by atoms with Crippen LogP contribution in [-0.2, 0) is 15.7 Å². The first kappa shape index (κ1) is 5.57. The van der Waals surface area contributed by atoms with Gasteiger partial charge in [-0.25, -0.2) is 0 Å². The number of fused-ring (bicyclic) bond motifs is 1. The van der Waals surface area contributed by atoms with E-state index < -0.39 is 7.41 Å². The highest BCUT2D eigenvalue weighted by atomic mass is 31.1. The first-order valence-electron chi connectivity index (χ1n) is 3.07. The summed E-state index contributed by atoms with van der Waals surface area (Å²) >= 11 is 0. The predicted octanol–water partition coefficient (Wildman–Crippen LogP) is 1.94. The molecule has 1 aliphatic rings. The molecule has 0 aromatic carbocycles. The number of hydrogen-bond donors (Lipinski definition) is 0. The van der Waals surface area contributed by atoms with Crippen LogP contribution in [0, 0.1) is 0 Å². The van der Waals surface area contributed by atoms with E-state index >= 15 is 0 Å². The highest BCUT2D eigenvalue weighted by Gasteiger charge is 2.49. The van der Waals surface area contributed by atoms with Crippen molar-refractivity contribution in [3.05, 3.63) is 10.6 Å². The van der Waals surface area contributed by atoms with Crippen molar-refractivity contribution in [2.24, 2.45) is 0 Å². The minimum atomic E-state index is -0.995. The maximum atomic E-state index is 10.9. The summed E-state index contributed by atoms with van der Waals surface area (Å²) in [7, 11) is 0.688. The van der Waals surface area contributed by atoms with Gasteiger partial charge in [0.05, 0.1) is 0 Å². The fraction of sp³-hybridized carbons (Fsp3) is 0.667. The molecule has 0 spiro atoms. The van der Waals surface area contributed by atoms with Crippen molar-refractivity contribution in [2.45, 2.75) is 18.9 Å². The lowest BCUT2D eigenvalue weighted by molar-refractivity contribution is 0.107. The van der Waals surface area contributed by atoms with Crippen LogP contribution >= 0.6 is 7.41 Å². The molecule has 0 N–H and O–H groups in total. The smallest absolute Gasteiger partial charge is 0.372 e. The zero-order valence-electron chi connectivity index (χ0n) is 5.26. The third-order valence-corrected chi connectivity index (χ3v) is 3.67. The van der Waals surface area contributed by atoms with Crippen LogP contribution in [0.3, 0.4) is 0 Å². The van der Waals surface area contributed by atoms with E-state index in [1.807, 2.05) is 0 Å². The predicted molar refractivity (Wildman–Crippen MR) is 34.5 cm³/mol. The van der Waals surface area contributed by atoms with Crippen LogP contribution in [0.25, 0.3) is 0 Å². The van der Waals surface area contributed by atoms with E-state index in [0.717, 1.165) is 18.1 Å². The Hall–Kier alpha value is -0.200. The molecule has 2 unspecified atom stereocenters. The summed E-state index contributed by atoms with van der Waals surface area (Å²) in [5, 5.41) is 2.31. The maximum Gasteiger partial charge on any atom is 0.418 e. The van der Waals surface area contributed by atoms with Crippen LogP contribution in [0.4, 0.5) is 0 Å². The molecular weight excluding hydrogens is 135 g/mol. The van der Waals surface area contributed by atoms with Crippen molar-refractivity contribution in [1.29, 1.82) is 0 Å². The lowest BCUT2D eigenvalue weighted by Gasteiger charge is -1.98. The normalized spacial score (nSPS) is 27.2. The van der Waals surface area contributed by atoms with Crippen LogP contribution in [0.15, 0.2) is 0 Å². The Kier molecular flexibility index (Phi) is 1.02. The van der Waals surface area contributed by atoms with Crippen LogP contribution in [-0.4, -0.2) is 7.11 Å².